The third kappa shape index (κ3) is 6.60. The molecule has 28 heteroatoms. The van der Waals surface area contributed by atoms with E-state index in [9.17, 15) is 42.0 Å². The van der Waals surface area contributed by atoms with Gasteiger partial charge >= 0.3 is 21.8 Å². The van der Waals surface area contributed by atoms with Gasteiger partial charge in [-0.15, -0.1) is 0 Å². The molecule has 23 nitrogen and oxygen atoms in total. The lowest BCUT2D eigenvalue weighted by Gasteiger charge is -2.28. The molecule has 4 bridgehead atoms. The van der Waals surface area contributed by atoms with Crippen LogP contribution in [0.2, 0.25) is 0 Å². The van der Waals surface area contributed by atoms with Crippen molar-refractivity contribution in [1.82, 2.24) is 39.0 Å². The van der Waals surface area contributed by atoms with Crippen LogP contribution < -0.4 is 17.0 Å². The number of aliphatic hydroxyl groups excluding tert-OH is 1. The molecule has 3 aliphatic rings. The third-order valence-electron chi connectivity index (χ3n) is 7.74. The van der Waals surface area contributed by atoms with E-state index < -0.39 is 102 Å². The molecular weight excluding hydrogens is 731 g/mol. The number of nitrogens with zero attached hydrogens (tertiary/aromatic N) is 7. The standard InChI is InChI=1S/C22H25F3N10O13P2/c23-22(24,25)3-42-12-8-2-44-49(38,39)47-13-11(36)7(45-19(13)34-5-30-9-15(26)28-4-29-16(9)34)1-43-50(40,41)48-14(12)20(46-8)35-6-31-10-17(35)32-21(27)33-18(10)37/h4-8,11-14,19-20,36H,1-3H2,(H,38,39)(H,40,41)(H2,26,28,29)(H3,27,32,33,37). The minimum absolute atomic E-state index is 0.0389. The molecule has 0 amide bonds. The minimum Gasteiger partial charge on any atom is -0.387 e. The molecule has 10 unspecified atom stereocenters. The summed E-state index contributed by atoms with van der Waals surface area (Å²) in [5.41, 5.74) is 10.2. The fourth-order valence-electron chi connectivity index (χ4n) is 5.65. The molecule has 272 valence electrons. The van der Waals surface area contributed by atoms with Gasteiger partial charge in [0, 0.05) is 0 Å². The lowest BCUT2D eigenvalue weighted by Crippen LogP contribution is -2.41. The lowest BCUT2D eigenvalue weighted by atomic mass is 10.1. The number of halogens is 3. The Balaban J connectivity index is 1.26. The third-order valence-corrected chi connectivity index (χ3v) is 9.71. The number of imidazole rings is 2. The van der Waals surface area contributed by atoms with Gasteiger partial charge in [-0.1, -0.05) is 0 Å². The van der Waals surface area contributed by atoms with Crippen LogP contribution >= 0.6 is 15.6 Å². The summed E-state index contributed by atoms with van der Waals surface area (Å²) in [7, 11) is -10.7. The van der Waals surface area contributed by atoms with Crippen LogP contribution in [0.5, 0.6) is 0 Å². The Hall–Kier alpha value is -3.65. The second-order valence-electron chi connectivity index (χ2n) is 11.0. The zero-order valence-electron chi connectivity index (χ0n) is 24.7. The first-order valence-electron chi connectivity index (χ1n) is 14.1. The van der Waals surface area contributed by atoms with E-state index in [1.54, 1.807) is 0 Å². The van der Waals surface area contributed by atoms with Crippen LogP contribution in [-0.2, 0) is 41.4 Å². The number of aromatic nitrogens is 8. The number of hydrogen-bond donors (Lipinski definition) is 6. The molecule has 0 spiro atoms. The topological polar surface area (TPSA) is 319 Å². The van der Waals surface area contributed by atoms with E-state index >= 15 is 0 Å². The molecule has 3 aliphatic heterocycles. The van der Waals surface area contributed by atoms with Crippen molar-refractivity contribution in [3.8, 4) is 0 Å². The summed E-state index contributed by atoms with van der Waals surface area (Å²) in [6.07, 6.45) is -16.0. The monoisotopic (exact) mass is 756 g/mol. The van der Waals surface area contributed by atoms with Crippen LogP contribution in [0.1, 0.15) is 12.5 Å². The Bertz CT molecular complexity index is 2080. The highest BCUT2D eigenvalue weighted by atomic mass is 31.2. The van der Waals surface area contributed by atoms with Crippen molar-refractivity contribution in [1.29, 1.82) is 0 Å². The first-order chi connectivity index (χ1) is 23.5. The Kier molecular flexibility index (Phi) is 8.72. The number of H-pyrrole nitrogens is 1. The van der Waals surface area contributed by atoms with Crippen LogP contribution in [0.15, 0.2) is 23.8 Å². The van der Waals surface area contributed by atoms with Gasteiger partial charge in [0.1, 0.15) is 55.1 Å². The molecule has 50 heavy (non-hydrogen) atoms. The zero-order chi connectivity index (χ0) is 35.7. The molecule has 0 aliphatic carbocycles. The number of phosphoric ester groups is 2. The van der Waals surface area contributed by atoms with Gasteiger partial charge in [0.2, 0.25) is 5.95 Å². The molecule has 0 saturated carbocycles. The van der Waals surface area contributed by atoms with Crippen LogP contribution in [0.25, 0.3) is 22.3 Å². The molecule has 3 fully saturated rings. The quantitative estimate of drug-likeness (QED) is 0.139. The van der Waals surface area contributed by atoms with E-state index in [2.05, 4.69) is 29.9 Å². The number of fused-ring (bicyclic) bond motifs is 6. The SMILES string of the molecule is Nc1nc2c(ncn2C2OC3COP(=O)(O)OC4C(O)C(COP(=O)(O)OC2C3OCC(F)(F)F)OC4n2cnc3c(N)ncnc32)c(=O)[nH]1. The van der Waals surface area contributed by atoms with Gasteiger partial charge in [-0.3, -0.25) is 37.0 Å². The van der Waals surface area contributed by atoms with E-state index in [1.165, 1.54) is 4.57 Å². The predicted octanol–water partition coefficient (Wildman–Crippen LogP) is -0.755. The average molecular weight is 756 g/mol. The Morgan fingerprint density at radius 1 is 0.920 bits per heavy atom. The van der Waals surface area contributed by atoms with E-state index in [4.69, 9.17) is 43.8 Å². The fourth-order valence-corrected chi connectivity index (χ4v) is 7.51. The Labute approximate surface area is 274 Å². The van der Waals surface area contributed by atoms with Crippen molar-refractivity contribution in [2.45, 2.75) is 55.3 Å². The Morgan fingerprint density at radius 3 is 2.22 bits per heavy atom. The van der Waals surface area contributed by atoms with Crippen molar-refractivity contribution in [3.63, 3.8) is 0 Å². The molecule has 4 aromatic heterocycles. The van der Waals surface area contributed by atoms with Crippen LogP contribution in [0.3, 0.4) is 0 Å². The van der Waals surface area contributed by atoms with Crippen molar-refractivity contribution in [3.05, 3.63) is 29.3 Å². The fraction of sp³-hybridized carbons (Fsp3) is 0.545. The molecule has 10 atom stereocenters. The molecule has 4 aromatic rings. The van der Waals surface area contributed by atoms with E-state index in [1.807, 2.05) is 0 Å². The maximum atomic E-state index is 13.4. The summed E-state index contributed by atoms with van der Waals surface area (Å²) in [6, 6.07) is 0. The molecule has 3 saturated heterocycles. The highest BCUT2D eigenvalue weighted by Crippen LogP contribution is 2.54. The van der Waals surface area contributed by atoms with Gasteiger partial charge in [0.15, 0.2) is 35.1 Å². The second-order valence-corrected chi connectivity index (χ2v) is 13.9. The number of rotatable bonds is 4. The van der Waals surface area contributed by atoms with Crippen molar-refractivity contribution >= 4 is 49.7 Å². The molecule has 8 N–H and O–H groups in total. The number of anilines is 2. The molecule has 7 rings (SSSR count). The maximum Gasteiger partial charge on any atom is 0.472 e. The van der Waals surface area contributed by atoms with Crippen molar-refractivity contribution in [2.75, 3.05) is 31.3 Å². The first-order valence-corrected chi connectivity index (χ1v) is 17.1. The summed E-state index contributed by atoms with van der Waals surface area (Å²) in [5.74, 6) is -0.438. The number of ether oxygens (including phenoxy) is 3. The number of hydrogen-bond acceptors (Lipinski definition) is 18. The number of aliphatic hydroxyl groups is 1. The summed E-state index contributed by atoms with van der Waals surface area (Å²) in [4.78, 5) is 56.0. The second kappa shape index (κ2) is 12.5. The van der Waals surface area contributed by atoms with Gasteiger partial charge in [-0.2, -0.15) is 18.2 Å². The minimum atomic E-state index is -5.36. The van der Waals surface area contributed by atoms with Gasteiger partial charge < -0.3 is 40.6 Å². The highest BCUT2D eigenvalue weighted by Gasteiger charge is 2.55. The number of nitrogens with one attached hydrogen (secondary N) is 1. The summed E-state index contributed by atoms with van der Waals surface area (Å²) in [6.45, 7) is -3.97. The van der Waals surface area contributed by atoms with Crippen molar-refractivity contribution < 1.29 is 69.5 Å². The molecular formula is C22H25F3N10O13P2. The smallest absolute Gasteiger partial charge is 0.387 e. The summed E-state index contributed by atoms with van der Waals surface area (Å²) < 4.78 is 106. The highest BCUT2D eigenvalue weighted by molar-refractivity contribution is 7.47. The van der Waals surface area contributed by atoms with E-state index in [0.29, 0.717) is 0 Å². The normalized spacial score (nSPS) is 35.5. The summed E-state index contributed by atoms with van der Waals surface area (Å²) in [5, 5.41) is 11.1. The molecule has 7 heterocycles. The predicted molar refractivity (Wildman–Crippen MR) is 153 cm³/mol. The number of nitrogens with two attached hydrogens (primary N) is 2. The van der Waals surface area contributed by atoms with Gasteiger partial charge in [0.25, 0.3) is 5.56 Å². The zero-order valence-corrected chi connectivity index (χ0v) is 26.5. The van der Waals surface area contributed by atoms with E-state index in [-0.39, 0.29) is 28.1 Å². The van der Waals surface area contributed by atoms with Gasteiger partial charge in [-0.05, 0) is 0 Å². The number of aromatic amines is 1. The van der Waals surface area contributed by atoms with Crippen LogP contribution in [0, 0.1) is 0 Å². The molecule has 0 aromatic carbocycles. The Morgan fingerprint density at radius 2 is 1.52 bits per heavy atom. The molecule has 0 radical (unpaired) electrons. The first kappa shape index (κ1) is 34.8. The maximum absolute atomic E-state index is 13.4. The van der Waals surface area contributed by atoms with Crippen LogP contribution in [-0.4, -0.2) is 117 Å². The van der Waals surface area contributed by atoms with Gasteiger partial charge in [0.05, 0.1) is 25.9 Å². The largest absolute Gasteiger partial charge is 0.472 e. The van der Waals surface area contributed by atoms with Gasteiger partial charge in [-0.25, -0.2) is 29.1 Å². The average Bonchev–Trinajstić information content (AvgIpc) is 3.78. The summed E-state index contributed by atoms with van der Waals surface area (Å²) >= 11 is 0. The van der Waals surface area contributed by atoms with E-state index in [0.717, 1.165) is 23.5 Å². The number of phosphoric acid groups is 2. The number of nitrogen functional groups attached to an aromatic ring is 2. The van der Waals surface area contributed by atoms with Crippen LogP contribution in [0.4, 0.5) is 24.9 Å². The lowest BCUT2D eigenvalue weighted by molar-refractivity contribution is -0.196. The van der Waals surface area contributed by atoms with Crippen molar-refractivity contribution in [2.24, 2.45) is 0 Å². The number of alkyl halides is 3.